The van der Waals surface area contributed by atoms with E-state index < -0.39 is 25.9 Å². The van der Waals surface area contributed by atoms with Crippen LogP contribution in [-0.4, -0.2) is 39.8 Å². The minimum atomic E-state index is -4.59. The van der Waals surface area contributed by atoms with Gasteiger partial charge in [0.2, 0.25) is 9.84 Å². The summed E-state index contributed by atoms with van der Waals surface area (Å²) in [6.07, 6.45) is 0.614. The minimum absolute atomic E-state index is 0.264. The van der Waals surface area contributed by atoms with Gasteiger partial charge in [-0.2, -0.15) is 8.78 Å². The first-order chi connectivity index (χ1) is 10.7. The standard InChI is InChI=1S/C15H19F2NO4S/c1-3-22-13(19)15(2)8-9-18(10-15)11-4-6-12(7-5-11)23(20,21)14(16)17/h4-7,14H,3,8-10H2,1-2H3. The average Bonchev–Trinajstić information content (AvgIpc) is 2.91. The molecule has 0 amide bonds. The molecule has 0 saturated carbocycles. The van der Waals surface area contributed by atoms with Gasteiger partial charge in [-0.25, -0.2) is 8.42 Å². The van der Waals surface area contributed by atoms with Gasteiger partial charge < -0.3 is 9.64 Å². The predicted molar refractivity (Wildman–Crippen MR) is 81.2 cm³/mol. The van der Waals surface area contributed by atoms with E-state index in [1.165, 1.54) is 12.1 Å². The monoisotopic (exact) mass is 347 g/mol. The van der Waals surface area contributed by atoms with Gasteiger partial charge >= 0.3 is 11.7 Å². The lowest BCUT2D eigenvalue weighted by Crippen LogP contribution is -2.33. The van der Waals surface area contributed by atoms with Gasteiger partial charge in [0.05, 0.1) is 16.9 Å². The minimum Gasteiger partial charge on any atom is -0.466 e. The van der Waals surface area contributed by atoms with Crippen molar-refractivity contribution in [3.63, 3.8) is 0 Å². The molecule has 0 bridgehead atoms. The molecule has 1 aromatic carbocycles. The summed E-state index contributed by atoms with van der Waals surface area (Å²) in [5.41, 5.74) is 0.0650. The topological polar surface area (TPSA) is 63.7 Å². The number of benzene rings is 1. The number of alkyl halides is 2. The summed E-state index contributed by atoms with van der Waals surface area (Å²) in [6, 6.07) is 5.28. The molecule has 0 aromatic heterocycles. The smallest absolute Gasteiger partial charge is 0.341 e. The molecule has 23 heavy (non-hydrogen) atoms. The Morgan fingerprint density at radius 3 is 2.48 bits per heavy atom. The van der Waals surface area contributed by atoms with Gasteiger partial charge in [-0.3, -0.25) is 4.79 Å². The molecular weight excluding hydrogens is 328 g/mol. The van der Waals surface area contributed by atoms with Crippen molar-refractivity contribution < 1.29 is 26.7 Å². The number of halogens is 2. The lowest BCUT2D eigenvalue weighted by molar-refractivity contribution is -0.153. The molecule has 8 heteroatoms. The Balaban J connectivity index is 2.15. The molecule has 1 aromatic rings. The van der Waals surface area contributed by atoms with Gasteiger partial charge in [0.15, 0.2) is 0 Å². The van der Waals surface area contributed by atoms with Gasteiger partial charge in [0, 0.05) is 18.8 Å². The van der Waals surface area contributed by atoms with Crippen molar-refractivity contribution in [2.45, 2.75) is 30.9 Å². The van der Waals surface area contributed by atoms with Gasteiger partial charge in [-0.05, 0) is 44.5 Å². The Kier molecular flexibility index (Phi) is 4.93. The number of carbonyl (C=O) groups excluding carboxylic acids is 1. The van der Waals surface area contributed by atoms with Gasteiger partial charge in [-0.1, -0.05) is 0 Å². The van der Waals surface area contributed by atoms with Crippen LogP contribution in [-0.2, 0) is 19.4 Å². The van der Waals surface area contributed by atoms with Crippen molar-refractivity contribution in [1.29, 1.82) is 0 Å². The zero-order chi connectivity index (χ0) is 17.3. The second kappa shape index (κ2) is 6.43. The zero-order valence-corrected chi connectivity index (χ0v) is 13.8. The third kappa shape index (κ3) is 3.46. The molecule has 1 aliphatic rings. The van der Waals surface area contributed by atoms with E-state index in [1.54, 1.807) is 6.92 Å². The largest absolute Gasteiger partial charge is 0.466 e. The van der Waals surface area contributed by atoms with Gasteiger partial charge in [0.25, 0.3) is 0 Å². The summed E-state index contributed by atoms with van der Waals surface area (Å²) in [5, 5.41) is 0. The number of nitrogens with zero attached hydrogens (tertiary/aromatic N) is 1. The van der Waals surface area contributed by atoms with E-state index in [0.29, 0.717) is 31.8 Å². The molecule has 1 atom stereocenters. The zero-order valence-electron chi connectivity index (χ0n) is 13.0. The number of carbonyl (C=O) groups is 1. The molecular formula is C15H19F2NO4S. The van der Waals surface area contributed by atoms with Crippen LogP contribution in [0.3, 0.4) is 0 Å². The first-order valence-corrected chi connectivity index (χ1v) is 8.79. The number of sulfone groups is 1. The quantitative estimate of drug-likeness (QED) is 0.766. The van der Waals surface area contributed by atoms with Crippen molar-refractivity contribution in [2.75, 3.05) is 24.6 Å². The summed E-state index contributed by atoms with van der Waals surface area (Å²) >= 11 is 0. The van der Waals surface area contributed by atoms with E-state index in [0.717, 1.165) is 12.1 Å². The second-order valence-corrected chi connectivity index (χ2v) is 7.67. The lowest BCUT2D eigenvalue weighted by Gasteiger charge is -2.23. The number of anilines is 1. The maximum atomic E-state index is 12.5. The van der Waals surface area contributed by atoms with Crippen LogP contribution in [0, 0.1) is 5.41 Å². The highest BCUT2D eigenvalue weighted by molar-refractivity contribution is 7.91. The summed E-state index contributed by atoms with van der Waals surface area (Å²) in [7, 11) is -4.59. The maximum Gasteiger partial charge on any atom is 0.341 e. The fourth-order valence-corrected chi connectivity index (χ4v) is 3.32. The van der Waals surface area contributed by atoms with Gasteiger partial charge in [0.1, 0.15) is 0 Å². The van der Waals surface area contributed by atoms with Crippen molar-refractivity contribution in [3.8, 4) is 0 Å². The molecule has 0 N–H and O–H groups in total. The van der Waals surface area contributed by atoms with Crippen molar-refractivity contribution in [1.82, 2.24) is 0 Å². The molecule has 5 nitrogen and oxygen atoms in total. The van der Waals surface area contributed by atoms with Crippen LogP contribution in [0.5, 0.6) is 0 Å². The van der Waals surface area contributed by atoms with Crippen molar-refractivity contribution in [3.05, 3.63) is 24.3 Å². The Hall–Kier alpha value is -1.70. The van der Waals surface area contributed by atoms with Crippen LogP contribution < -0.4 is 4.90 Å². The maximum absolute atomic E-state index is 12.5. The van der Waals surface area contributed by atoms with E-state index in [9.17, 15) is 22.0 Å². The third-order valence-electron chi connectivity index (χ3n) is 4.01. The lowest BCUT2D eigenvalue weighted by atomic mass is 9.90. The fraction of sp³-hybridized carbons (Fsp3) is 0.533. The highest BCUT2D eigenvalue weighted by atomic mass is 32.2. The normalized spacial score (nSPS) is 21.7. The van der Waals surface area contributed by atoms with Crippen molar-refractivity contribution in [2.24, 2.45) is 5.41 Å². The molecule has 1 fully saturated rings. The van der Waals surface area contributed by atoms with Gasteiger partial charge in [-0.15, -0.1) is 0 Å². The summed E-state index contributed by atoms with van der Waals surface area (Å²) in [5.74, 6) is -3.70. The number of ether oxygens (including phenoxy) is 1. The average molecular weight is 347 g/mol. The number of hydrogen-bond acceptors (Lipinski definition) is 5. The number of rotatable bonds is 5. The van der Waals surface area contributed by atoms with Crippen LogP contribution >= 0.6 is 0 Å². The second-order valence-electron chi connectivity index (χ2n) is 5.75. The summed E-state index contributed by atoms with van der Waals surface area (Å²) < 4.78 is 52.9. The van der Waals surface area contributed by atoms with E-state index in [-0.39, 0.29) is 5.97 Å². The Labute approximate surface area is 134 Å². The SMILES string of the molecule is CCOC(=O)C1(C)CCN(c2ccc(S(=O)(=O)C(F)F)cc2)C1. The molecule has 2 rings (SSSR count). The third-order valence-corrected chi connectivity index (χ3v) is 5.40. The molecule has 128 valence electrons. The van der Waals surface area contributed by atoms with Crippen LogP contribution in [0.2, 0.25) is 0 Å². The van der Waals surface area contributed by atoms with Crippen LogP contribution in [0.1, 0.15) is 20.3 Å². The predicted octanol–water partition coefficient (Wildman–Crippen LogP) is 2.46. The molecule has 1 heterocycles. The Bertz CT molecular complexity index is 675. The summed E-state index contributed by atoms with van der Waals surface area (Å²) in [4.78, 5) is 13.5. The molecule has 0 spiro atoms. The fourth-order valence-electron chi connectivity index (χ4n) is 2.60. The molecule has 1 saturated heterocycles. The van der Waals surface area contributed by atoms with Crippen LogP contribution in [0.15, 0.2) is 29.2 Å². The summed E-state index contributed by atoms with van der Waals surface area (Å²) in [6.45, 7) is 4.93. The molecule has 0 aliphatic carbocycles. The molecule has 0 radical (unpaired) electrons. The van der Waals surface area contributed by atoms with Crippen molar-refractivity contribution >= 4 is 21.5 Å². The van der Waals surface area contributed by atoms with Crippen LogP contribution in [0.4, 0.5) is 14.5 Å². The number of esters is 1. The first kappa shape index (κ1) is 17.7. The number of hydrogen-bond donors (Lipinski definition) is 0. The van der Waals surface area contributed by atoms with E-state index in [1.807, 2.05) is 11.8 Å². The van der Waals surface area contributed by atoms with E-state index in [4.69, 9.17) is 4.74 Å². The van der Waals surface area contributed by atoms with E-state index >= 15 is 0 Å². The highest BCUT2D eigenvalue weighted by Gasteiger charge is 2.41. The van der Waals surface area contributed by atoms with E-state index in [2.05, 4.69) is 0 Å². The van der Waals surface area contributed by atoms with Crippen LogP contribution in [0.25, 0.3) is 0 Å². The Morgan fingerprint density at radius 2 is 1.96 bits per heavy atom. The first-order valence-electron chi connectivity index (χ1n) is 7.25. The Morgan fingerprint density at radius 1 is 1.35 bits per heavy atom. The highest BCUT2D eigenvalue weighted by Crippen LogP contribution is 2.34. The molecule has 1 unspecified atom stereocenters. The molecule has 1 aliphatic heterocycles.